The number of thioether (sulfide) groups is 1. The lowest BCUT2D eigenvalue weighted by atomic mass is 10.2. The molecule has 4 N–H and O–H groups in total. The van der Waals surface area contributed by atoms with Crippen molar-refractivity contribution < 1.29 is 19.2 Å². The Bertz CT molecular complexity index is 448. The zero-order chi connectivity index (χ0) is 18.0. The van der Waals surface area contributed by atoms with Crippen LogP contribution in [0.1, 0.15) is 20.3 Å². The number of primary amides is 1. The van der Waals surface area contributed by atoms with Crippen molar-refractivity contribution in [1.82, 2.24) is 15.5 Å². The Balaban J connectivity index is 4.32. The lowest BCUT2D eigenvalue weighted by molar-refractivity contribution is -0.138. The third kappa shape index (κ3) is 8.70. The highest BCUT2D eigenvalue weighted by molar-refractivity contribution is 8.00. The molecule has 0 aliphatic rings. The van der Waals surface area contributed by atoms with Gasteiger partial charge >= 0.3 is 0 Å². The summed E-state index contributed by atoms with van der Waals surface area (Å²) >= 11 is 5.27. The van der Waals surface area contributed by atoms with Crippen LogP contribution in [0.5, 0.6) is 0 Å². The number of nitrogens with zero attached hydrogens (tertiary/aromatic N) is 1. The molecule has 0 aromatic carbocycles. The summed E-state index contributed by atoms with van der Waals surface area (Å²) < 4.78 is 0. The van der Waals surface area contributed by atoms with Crippen LogP contribution in [-0.4, -0.2) is 65.0 Å². The fourth-order valence-corrected chi connectivity index (χ4v) is 2.61. The van der Waals surface area contributed by atoms with Crippen molar-refractivity contribution in [3.63, 3.8) is 0 Å². The Hall–Kier alpha value is -1.42. The molecule has 0 radical (unpaired) electrons. The molecule has 0 aromatic rings. The molecule has 0 heterocycles. The molecule has 0 aliphatic heterocycles. The first-order valence-electron chi connectivity index (χ1n) is 7.00. The zero-order valence-electron chi connectivity index (χ0n) is 13.5. The topological polar surface area (TPSA) is 122 Å². The van der Waals surface area contributed by atoms with Crippen molar-refractivity contribution >= 4 is 48.0 Å². The van der Waals surface area contributed by atoms with Gasteiger partial charge in [-0.3, -0.25) is 19.2 Å². The van der Waals surface area contributed by atoms with Gasteiger partial charge < -0.3 is 21.3 Å². The first kappa shape index (κ1) is 21.6. The van der Waals surface area contributed by atoms with E-state index in [1.54, 1.807) is 6.92 Å². The second-order valence-electron chi connectivity index (χ2n) is 4.84. The van der Waals surface area contributed by atoms with Crippen molar-refractivity contribution in [1.29, 1.82) is 0 Å². The second kappa shape index (κ2) is 11.2. The third-order valence-corrected chi connectivity index (χ3v) is 4.31. The second-order valence-corrected chi connectivity index (χ2v) is 6.62. The number of carbonyl (C=O) groups excluding carboxylic acids is 4. The predicted molar refractivity (Wildman–Crippen MR) is 93.0 cm³/mol. The SMILES string of the molecule is CC(=O)NCS[C@@H](C)C(=O)NCC(=O)N(C)[C@@H](CCS)C(N)=O. The first-order valence-corrected chi connectivity index (χ1v) is 8.68. The highest BCUT2D eigenvalue weighted by Gasteiger charge is 2.24. The fraction of sp³-hybridized carbons (Fsp3) is 0.692. The van der Waals surface area contributed by atoms with Crippen LogP contribution in [-0.2, 0) is 19.2 Å². The van der Waals surface area contributed by atoms with E-state index in [1.165, 1.54) is 30.6 Å². The lowest BCUT2D eigenvalue weighted by Crippen LogP contribution is -2.49. The summed E-state index contributed by atoms with van der Waals surface area (Å²) in [5.74, 6) is -0.809. The van der Waals surface area contributed by atoms with Crippen LogP contribution in [0.15, 0.2) is 0 Å². The number of amides is 4. The highest BCUT2D eigenvalue weighted by Crippen LogP contribution is 2.08. The summed E-state index contributed by atoms with van der Waals surface area (Å²) in [6.07, 6.45) is 0.345. The van der Waals surface area contributed by atoms with Crippen molar-refractivity contribution in [2.45, 2.75) is 31.6 Å². The maximum absolute atomic E-state index is 12.0. The Morgan fingerprint density at radius 1 is 1.26 bits per heavy atom. The lowest BCUT2D eigenvalue weighted by Gasteiger charge is -2.25. The van der Waals surface area contributed by atoms with Gasteiger partial charge in [-0.05, 0) is 19.1 Å². The Kier molecular flexibility index (Phi) is 10.5. The normalized spacial score (nSPS) is 12.9. The van der Waals surface area contributed by atoms with Gasteiger partial charge in [0.2, 0.25) is 23.6 Å². The van der Waals surface area contributed by atoms with E-state index in [4.69, 9.17) is 5.73 Å². The third-order valence-electron chi connectivity index (χ3n) is 3.03. The number of thiol groups is 1. The molecule has 0 saturated carbocycles. The maximum Gasteiger partial charge on any atom is 0.242 e. The predicted octanol–water partition coefficient (Wildman–Crippen LogP) is -1.05. The number of rotatable bonds is 10. The summed E-state index contributed by atoms with van der Waals surface area (Å²) in [7, 11) is 1.46. The standard InChI is InChI=1S/C13H24N4O4S2/c1-8(23-7-16-9(2)18)13(21)15-6-11(19)17(3)10(4-5-22)12(14)20/h8,10,22H,4-7H2,1-3H3,(H2,14,20)(H,15,21)(H,16,18)/t8-,10-/m0/s1. The largest absolute Gasteiger partial charge is 0.368 e. The van der Waals surface area contributed by atoms with E-state index in [0.717, 1.165) is 0 Å². The van der Waals surface area contributed by atoms with E-state index >= 15 is 0 Å². The van der Waals surface area contributed by atoms with Crippen LogP contribution in [0.3, 0.4) is 0 Å². The van der Waals surface area contributed by atoms with Gasteiger partial charge in [0.1, 0.15) is 6.04 Å². The number of hydrogen-bond donors (Lipinski definition) is 4. The molecule has 10 heteroatoms. The van der Waals surface area contributed by atoms with Crippen LogP contribution < -0.4 is 16.4 Å². The molecule has 132 valence electrons. The fourth-order valence-electron chi connectivity index (χ4n) is 1.60. The summed E-state index contributed by atoms with van der Waals surface area (Å²) in [5, 5.41) is 4.64. The van der Waals surface area contributed by atoms with Crippen LogP contribution in [0, 0.1) is 0 Å². The molecule has 0 spiro atoms. The molecular formula is C13H24N4O4S2. The van der Waals surface area contributed by atoms with Crippen molar-refractivity contribution in [3.05, 3.63) is 0 Å². The minimum absolute atomic E-state index is 0.177. The number of likely N-dealkylation sites (N-methyl/N-ethyl adjacent to an activating group) is 1. The maximum atomic E-state index is 12.0. The smallest absolute Gasteiger partial charge is 0.242 e. The van der Waals surface area contributed by atoms with E-state index in [0.29, 0.717) is 18.1 Å². The average molecular weight is 364 g/mol. The number of carbonyl (C=O) groups is 4. The van der Waals surface area contributed by atoms with E-state index in [-0.39, 0.29) is 18.4 Å². The molecule has 0 unspecified atom stereocenters. The molecule has 0 aliphatic carbocycles. The summed E-state index contributed by atoms with van der Waals surface area (Å²) in [4.78, 5) is 47.1. The highest BCUT2D eigenvalue weighted by atomic mass is 32.2. The Morgan fingerprint density at radius 3 is 2.35 bits per heavy atom. The van der Waals surface area contributed by atoms with Crippen LogP contribution in [0.4, 0.5) is 0 Å². The molecule has 8 nitrogen and oxygen atoms in total. The quantitative estimate of drug-likeness (QED) is 0.291. The minimum Gasteiger partial charge on any atom is -0.368 e. The number of nitrogens with one attached hydrogen (secondary N) is 2. The molecule has 23 heavy (non-hydrogen) atoms. The van der Waals surface area contributed by atoms with E-state index in [9.17, 15) is 19.2 Å². The van der Waals surface area contributed by atoms with Gasteiger partial charge in [-0.1, -0.05) is 0 Å². The van der Waals surface area contributed by atoms with Crippen molar-refractivity contribution in [2.75, 3.05) is 25.2 Å². The first-order chi connectivity index (χ1) is 10.7. The Morgan fingerprint density at radius 2 is 1.87 bits per heavy atom. The van der Waals surface area contributed by atoms with Gasteiger partial charge in [-0.25, -0.2) is 0 Å². The molecule has 0 fully saturated rings. The van der Waals surface area contributed by atoms with Crippen LogP contribution in [0.2, 0.25) is 0 Å². The van der Waals surface area contributed by atoms with Gasteiger partial charge in [0.15, 0.2) is 0 Å². The van der Waals surface area contributed by atoms with Gasteiger partial charge in [0, 0.05) is 14.0 Å². The molecule has 4 amide bonds. The molecule has 0 saturated heterocycles. The summed E-state index contributed by atoms with van der Waals surface area (Å²) in [5.41, 5.74) is 5.25. The van der Waals surface area contributed by atoms with Crippen molar-refractivity contribution in [3.8, 4) is 0 Å². The molecule has 2 atom stereocenters. The van der Waals surface area contributed by atoms with Gasteiger partial charge in [0.25, 0.3) is 0 Å². The van der Waals surface area contributed by atoms with Crippen molar-refractivity contribution in [2.24, 2.45) is 5.73 Å². The van der Waals surface area contributed by atoms with E-state index in [1.807, 2.05) is 0 Å². The number of nitrogens with two attached hydrogens (primary N) is 1. The Labute approximate surface area is 145 Å². The van der Waals surface area contributed by atoms with E-state index < -0.39 is 23.1 Å². The van der Waals surface area contributed by atoms with Gasteiger partial charge in [0.05, 0.1) is 17.7 Å². The monoisotopic (exact) mass is 364 g/mol. The average Bonchev–Trinajstić information content (AvgIpc) is 2.48. The number of hydrogen-bond acceptors (Lipinski definition) is 6. The van der Waals surface area contributed by atoms with Crippen LogP contribution in [0.25, 0.3) is 0 Å². The molecule has 0 aromatic heterocycles. The van der Waals surface area contributed by atoms with Crippen LogP contribution >= 0.6 is 24.4 Å². The van der Waals surface area contributed by atoms with Gasteiger partial charge in [-0.15, -0.1) is 11.8 Å². The summed E-state index contributed by atoms with van der Waals surface area (Å²) in [6.45, 7) is 2.83. The summed E-state index contributed by atoms with van der Waals surface area (Å²) in [6, 6.07) is -0.747. The minimum atomic E-state index is -0.747. The zero-order valence-corrected chi connectivity index (χ0v) is 15.2. The molecule has 0 rings (SSSR count). The molecular weight excluding hydrogens is 340 g/mol. The van der Waals surface area contributed by atoms with E-state index in [2.05, 4.69) is 23.3 Å². The molecule has 0 bridgehead atoms. The van der Waals surface area contributed by atoms with Gasteiger partial charge in [-0.2, -0.15) is 12.6 Å².